The number of hydrogen-bond donors (Lipinski definition) is 1. The average Bonchev–Trinajstić information content (AvgIpc) is 2.34. The van der Waals surface area contributed by atoms with Crippen molar-refractivity contribution in [3.05, 3.63) is 29.4 Å². The van der Waals surface area contributed by atoms with Gasteiger partial charge in [-0.1, -0.05) is 0 Å². The van der Waals surface area contributed by atoms with E-state index < -0.39 is 0 Å². The molecule has 3 heteroatoms. The predicted molar refractivity (Wildman–Crippen MR) is 43.4 cm³/mol. The van der Waals surface area contributed by atoms with E-state index in [4.69, 9.17) is 5.11 Å². The minimum absolute atomic E-state index is 0.0162. The zero-order valence-corrected chi connectivity index (χ0v) is 6.36. The van der Waals surface area contributed by atoms with Gasteiger partial charge in [0.15, 0.2) is 0 Å². The topological polar surface area (TPSA) is 20.2 Å². The number of phenols is 1. The van der Waals surface area contributed by atoms with Gasteiger partial charge in [0.05, 0.1) is 0 Å². The van der Waals surface area contributed by atoms with Crippen LogP contribution >= 0.6 is 11.3 Å². The Bertz CT molecular complexity index is 394. The number of halogens is 1. The summed E-state index contributed by atoms with van der Waals surface area (Å²) in [6.45, 7) is 0. The van der Waals surface area contributed by atoms with Crippen LogP contribution in [0.5, 0.6) is 5.75 Å². The van der Waals surface area contributed by atoms with E-state index in [2.05, 4.69) is 0 Å². The van der Waals surface area contributed by atoms with E-state index in [0.717, 1.165) is 10.8 Å². The third-order valence-corrected chi connectivity index (χ3v) is 2.37. The van der Waals surface area contributed by atoms with E-state index in [-0.39, 0.29) is 11.6 Å². The molecular weight excluding hydrogens is 163 g/mol. The van der Waals surface area contributed by atoms with Crippen LogP contribution in [0.1, 0.15) is 0 Å². The molecule has 0 unspecified atom stereocenters. The van der Waals surface area contributed by atoms with Crippen LogP contribution in [0.15, 0.2) is 23.6 Å². The highest BCUT2D eigenvalue weighted by Gasteiger charge is 2.02. The maximum Gasteiger partial charge on any atom is 0.135 e. The van der Waals surface area contributed by atoms with Crippen molar-refractivity contribution in [2.24, 2.45) is 0 Å². The predicted octanol–water partition coefficient (Wildman–Crippen LogP) is 2.75. The fourth-order valence-electron chi connectivity index (χ4n) is 1.01. The Morgan fingerprint density at radius 1 is 1.36 bits per heavy atom. The molecule has 56 valence electrons. The highest BCUT2D eigenvalue weighted by molar-refractivity contribution is 7.17. The summed E-state index contributed by atoms with van der Waals surface area (Å²) in [5.41, 5.74) is 0. The van der Waals surface area contributed by atoms with Gasteiger partial charge in [0, 0.05) is 16.2 Å². The van der Waals surface area contributed by atoms with E-state index in [1.54, 1.807) is 17.5 Å². The monoisotopic (exact) mass is 168 g/mol. The number of aromatic hydroxyl groups is 1. The lowest BCUT2D eigenvalue weighted by molar-refractivity contribution is 0.471. The van der Waals surface area contributed by atoms with Crippen molar-refractivity contribution in [1.29, 1.82) is 0 Å². The molecule has 0 saturated carbocycles. The largest absolute Gasteiger partial charge is 0.508 e. The maximum atomic E-state index is 12.9. The molecule has 0 fully saturated rings. The normalized spacial score (nSPS) is 10.6. The first-order chi connectivity index (χ1) is 5.27. The lowest BCUT2D eigenvalue weighted by atomic mass is 10.2. The van der Waals surface area contributed by atoms with E-state index in [1.807, 2.05) is 0 Å². The van der Waals surface area contributed by atoms with Crippen molar-refractivity contribution in [2.75, 3.05) is 0 Å². The summed E-state index contributed by atoms with van der Waals surface area (Å²) in [5.74, 6) is -0.376. The Balaban J connectivity index is 2.91. The van der Waals surface area contributed by atoms with Crippen molar-refractivity contribution in [3.63, 3.8) is 0 Å². The highest BCUT2D eigenvalue weighted by atomic mass is 32.1. The Labute approximate surface area is 66.7 Å². The fraction of sp³-hybridized carbons (Fsp3) is 0. The van der Waals surface area contributed by atoms with E-state index in [9.17, 15) is 4.39 Å². The van der Waals surface area contributed by atoms with Crippen LogP contribution < -0.4 is 0 Å². The fourth-order valence-corrected chi connectivity index (χ4v) is 1.85. The standard InChI is InChI=1S/C8H5FOS/c9-7-3-5(10)4-8-6(7)1-2-11-8/h1-4,10H. The van der Waals surface area contributed by atoms with Crippen LogP contribution in [0, 0.1) is 5.82 Å². The minimum Gasteiger partial charge on any atom is -0.508 e. The van der Waals surface area contributed by atoms with E-state index >= 15 is 0 Å². The molecule has 0 bridgehead atoms. The number of fused-ring (bicyclic) bond motifs is 1. The van der Waals surface area contributed by atoms with Gasteiger partial charge in [0.1, 0.15) is 11.6 Å². The molecule has 1 nitrogen and oxygen atoms in total. The third-order valence-electron chi connectivity index (χ3n) is 1.51. The van der Waals surface area contributed by atoms with Gasteiger partial charge in [-0.3, -0.25) is 0 Å². The molecule has 0 aliphatic rings. The van der Waals surface area contributed by atoms with Gasteiger partial charge in [0.25, 0.3) is 0 Å². The van der Waals surface area contributed by atoms with Gasteiger partial charge in [-0.05, 0) is 17.5 Å². The highest BCUT2D eigenvalue weighted by Crippen LogP contribution is 2.27. The van der Waals surface area contributed by atoms with Crippen LogP contribution in [0.25, 0.3) is 10.1 Å². The zero-order chi connectivity index (χ0) is 7.84. The second-order valence-corrected chi connectivity index (χ2v) is 3.21. The molecule has 1 aromatic carbocycles. The number of hydrogen-bond acceptors (Lipinski definition) is 2. The number of benzene rings is 1. The zero-order valence-electron chi connectivity index (χ0n) is 5.54. The minimum atomic E-state index is -0.360. The van der Waals surface area contributed by atoms with E-state index in [0.29, 0.717) is 5.39 Å². The molecule has 1 aromatic heterocycles. The Kier molecular flexibility index (Phi) is 1.32. The van der Waals surface area contributed by atoms with Crippen molar-refractivity contribution in [1.82, 2.24) is 0 Å². The summed E-state index contributed by atoms with van der Waals surface area (Å²) in [6, 6.07) is 4.38. The third kappa shape index (κ3) is 0.973. The molecule has 0 amide bonds. The molecule has 2 rings (SSSR count). The SMILES string of the molecule is Oc1cc(F)c2ccsc2c1. The first kappa shape index (κ1) is 6.61. The molecule has 0 aliphatic carbocycles. The Hall–Kier alpha value is -1.09. The second kappa shape index (κ2) is 2.20. The van der Waals surface area contributed by atoms with Gasteiger partial charge in [-0.2, -0.15) is 0 Å². The summed E-state index contributed by atoms with van der Waals surface area (Å²) in [5, 5.41) is 11.4. The molecule has 0 atom stereocenters. The number of thiophene rings is 1. The van der Waals surface area contributed by atoms with Gasteiger partial charge < -0.3 is 5.11 Å². The van der Waals surface area contributed by atoms with Gasteiger partial charge in [0.2, 0.25) is 0 Å². The first-order valence-corrected chi connectivity index (χ1v) is 4.01. The van der Waals surface area contributed by atoms with Crippen LogP contribution in [-0.2, 0) is 0 Å². The van der Waals surface area contributed by atoms with Crippen molar-refractivity contribution >= 4 is 21.4 Å². The van der Waals surface area contributed by atoms with Crippen molar-refractivity contribution < 1.29 is 9.50 Å². The van der Waals surface area contributed by atoms with Gasteiger partial charge >= 0.3 is 0 Å². The van der Waals surface area contributed by atoms with Crippen LogP contribution in [-0.4, -0.2) is 5.11 Å². The molecule has 2 aromatic rings. The van der Waals surface area contributed by atoms with Crippen LogP contribution in [0.4, 0.5) is 4.39 Å². The summed E-state index contributed by atoms with van der Waals surface area (Å²) < 4.78 is 13.7. The van der Waals surface area contributed by atoms with Crippen LogP contribution in [0.3, 0.4) is 0 Å². The summed E-state index contributed by atoms with van der Waals surface area (Å²) in [7, 11) is 0. The first-order valence-electron chi connectivity index (χ1n) is 3.13. The molecule has 1 heterocycles. The summed E-state index contributed by atoms with van der Waals surface area (Å²) >= 11 is 1.42. The molecule has 1 N–H and O–H groups in total. The second-order valence-electron chi connectivity index (χ2n) is 2.26. The molecule has 0 aliphatic heterocycles. The molecule has 0 radical (unpaired) electrons. The molecule has 0 saturated heterocycles. The van der Waals surface area contributed by atoms with Gasteiger partial charge in [-0.25, -0.2) is 4.39 Å². The van der Waals surface area contributed by atoms with Gasteiger partial charge in [-0.15, -0.1) is 11.3 Å². The summed E-state index contributed by atoms with van der Waals surface area (Å²) in [4.78, 5) is 0. The van der Waals surface area contributed by atoms with Crippen LogP contribution in [0.2, 0.25) is 0 Å². The van der Waals surface area contributed by atoms with E-state index in [1.165, 1.54) is 11.3 Å². The lowest BCUT2D eigenvalue weighted by Gasteiger charge is -1.93. The number of rotatable bonds is 0. The van der Waals surface area contributed by atoms with Crippen molar-refractivity contribution in [3.8, 4) is 5.75 Å². The number of phenolic OH excluding ortho intramolecular Hbond substituents is 1. The van der Waals surface area contributed by atoms with Crippen molar-refractivity contribution in [2.45, 2.75) is 0 Å². The summed E-state index contributed by atoms with van der Waals surface area (Å²) in [6.07, 6.45) is 0. The lowest BCUT2D eigenvalue weighted by Crippen LogP contribution is -1.72. The molecular formula is C8H5FOS. The smallest absolute Gasteiger partial charge is 0.135 e. The Morgan fingerprint density at radius 3 is 3.00 bits per heavy atom. The maximum absolute atomic E-state index is 12.9. The molecule has 0 spiro atoms. The Morgan fingerprint density at radius 2 is 2.18 bits per heavy atom. The quantitative estimate of drug-likeness (QED) is 0.641. The molecule has 11 heavy (non-hydrogen) atoms. The average molecular weight is 168 g/mol.